The first-order chi connectivity index (χ1) is 17.7. The molecule has 0 unspecified atom stereocenters. The molecule has 0 spiro atoms. The number of benzene rings is 5. The van der Waals surface area contributed by atoms with Gasteiger partial charge in [0, 0.05) is 31.9 Å². The maximum atomic E-state index is 6.13. The van der Waals surface area contributed by atoms with Crippen molar-refractivity contribution >= 4 is 48.6 Å². The van der Waals surface area contributed by atoms with Crippen molar-refractivity contribution in [3.63, 3.8) is 0 Å². The van der Waals surface area contributed by atoms with Gasteiger partial charge in [0.1, 0.15) is 11.2 Å². The summed E-state index contributed by atoms with van der Waals surface area (Å²) in [5.41, 5.74) is 4.45. The Balaban J connectivity index is 1.42. The van der Waals surface area contributed by atoms with Crippen LogP contribution in [0.15, 0.2) is 118 Å². The van der Waals surface area contributed by atoms with Crippen LogP contribution in [0.5, 0.6) is 0 Å². The molecule has 7 aromatic rings. The average Bonchev–Trinajstić information content (AvgIpc) is 3.31. The molecule has 0 atom stereocenters. The van der Waals surface area contributed by atoms with Gasteiger partial charge in [-0.1, -0.05) is 88.7 Å². The van der Waals surface area contributed by atoms with Crippen LogP contribution in [0.3, 0.4) is 0 Å². The molecule has 0 aliphatic rings. The molecule has 0 fully saturated rings. The number of aromatic nitrogens is 3. The van der Waals surface area contributed by atoms with E-state index in [0.717, 1.165) is 53.9 Å². The number of hydrogen-bond acceptors (Lipinski definition) is 4. The third kappa shape index (κ3) is 3.65. The highest BCUT2D eigenvalue weighted by atomic mass is 79.9. The van der Waals surface area contributed by atoms with Gasteiger partial charge in [0.05, 0.1) is 0 Å². The Morgan fingerprint density at radius 3 is 1.92 bits per heavy atom. The van der Waals surface area contributed by atoms with Gasteiger partial charge < -0.3 is 4.42 Å². The number of fused-ring (bicyclic) bond motifs is 4. The van der Waals surface area contributed by atoms with Gasteiger partial charge in [-0.05, 0) is 47.2 Å². The topological polar surface area (TPSA) is 51.8 Å². The van der Waals surface area contributed by atoms with E-state index in [4.69, 9.17) is 19.4 Å². The minimum absolute atomic E-state index is 0.608. The lowest BCUT2D eigenvalue weighted by Gasteiger charge is -2.09. The first-order valence-corrected chi connectivity index (χ1v) is 12.4. The molecule has 2 heterocycles. The second-order valence-electron chi connectivity index (χ2n) is 8.69. The lowest BCUT2D eigenvalue weighted by molar-refractivity contribution is 0.669. The molecule has 0 saturated heterocycles. The van der Waals surface area contributed by atoms with Crippen molar-refractivity contribution in [2.75, 3.05) is 0 Å². The zero-order chi connectivity index (χ0) is 24.1. The Labute approximate surface area is 215 Å². The van der Waals surface area contributed by atoms with Gasteiger partial charge in [0.2, 0.25) is 0 Å². The van der Waals surface area contributed by atoms with Gasteiger partial charge in [-0.3, -0.25) is 0 Å². The van der Waals surface area contributed by atoms with E-state index in [2.05, 4.69) is 64.5 Å². The van der Waals surface area contributed by atoms with E-state index in [-0.39, 0.29) is 0 Å². The van der Waals surface area contributed by atoms with Crippen LogP contribution in [0, 0.1) is 0 Å². The molecule has 4 nitrogen and oxygen atoms in total. The fraction of sp³-hybridized carbons (Fsp3) is 0. The van der Waals surface area contributed by atoms with Crippen molar-refractivity contribution in [2.45, 2.75) is 0 Å². The molecule has 7 rings (SSSR count). The quantitative estimate of drug-likeness (QED) is 0.230. The lowest BCUT2D eigenvalue weighted by atomic mass is 10.1. The van der Waals surface area contributed by atoms with Crippen molar-refractivity contribution in [3.8, 4) is 34.2 Å². The molecule has 0 radical (unpaired) electrons. The monoisotopic (exact) mass is 527 g/mol. The number of hydrogen-bond donors (Lipinski definition) is 0. The van der Waals surface area contributed by atoms with Gasteiger partial charge in [-0.15, -0.1) is 0 Å². The normalized spacial score (nSPS) is 11.5. The molecule has 0 amide bonds. The van der Waals surface area contributed by atoms with Crippen LogP contribution in [0.2, 0.25) is 0 Å². The van der Waals surface area contributed by atoms with Crippen LogP contribution < -0.4 is 0 Å². The lowest BCUT2D eigenvalue weighted by Crippen LogP contribution is -2.00. The summed E-state index contributed by atoms with van der Waals surface area (Å²) >= 11 is 3.55. The van der Waals surface area contributed by atoms with E-state index in [1.165, 1.54) is 0 Å². The van der Waals surface area contributed by atoms with E-state index in [1.807, 2.05) is 60.7 Å². The predicted octanol–water partition coefficient (Wildman–Crippen LogP) is 8.69. The fourth-order valence-electron chi connectivity index (χ4n) is 4.57. The molecule has 0 bridgehead atoms. The van der Waals surface area contributed by atoms with E-state index < -0.39 is 0 Å². The molecule has 170 valence electrons. The number of furan rings is 1. The summed E-state index contributed by atoms with van der Waals surface area (Å²) in [6.45, 7) is 0. The van der Waals surface area contributed by atoms with Crippen LogP contribution in [-0.2, 0) is 0 Å². The molecule has 0 aliphatic heterocycles. The standard InChI is InChI=1S/C31H18BrN3O/c32-24-14-12-20-16-22(11-10-21(20)17-24)30-33-29(19-6-2-1-3-7-19)34-31(35-30)23-13-15-26-25-8-4-5-9-27(25)36-28(26)18-23/h1-18H. The third-order valence-corrected chi connectivity index (χ3v) is 6.86. The Hall–Kier alpha value is -4.35. The number of nitrogens with zero attached hydrogens (tertiary/aromatic N) is 3. The molecule has 0 saturated carbocycles. The molecule has 0 N–H and O–H groups in total. The molecule has 0 aliphatic carbocycles. The second-order valence-corrected chi connectivity index (χ2v) is 9.60. The summed E-state index contributed by atoms with van der Waals surface area (Å²) < 4.78 is 7.18. The Bertz CT molecular complexity index is 1910. The second kappa shape index (κ2) is 8.40. The molecule has 5 aromatic carbocycles. The first-order valence-electron chi connectivity index (χ1n) is 11.6. The zero-order valence-corrected chi connectivity index (χ0v) is 20.6. The Kier molecular flexibility index (Phi) is 4.89. The van der Waals surface area contributed by atoms with Crippen LogP contribution in [0.25, 0.3) is 66.9 Å². The fourth-order valence-corrected chi connectivity index (χ4v) is 4.95. The molecule has 5 heteroatoms. The van der Waals surface area contributed by atoms with E-state index in [1.54, 1.807) is 0 Å². The van der Waals surface area contributed by atoms with Crippen LogP contribution in [0.1, 0.15) is 0 Å². The Morgan fingerprint density at radius 1 is 0.472 bits per heavy atom. The largest absolute Gasteiger partial charge is 0.456 e. The highest BCUT2D eigenvalue weighted by Gasteiger charge is 2.14. The van der Waals surface area contributed by atoms with Gasteiger partial charge in [0.25, 0.3) is 0 Å². The van der Waals surface area contributed by atoms with Gasteiger partial charge in [-0.2, -0.15) is 0 Å². The van der Waals surface area contributed by atoms with Crippen molar-refractivity contribution in [1.82, 2.24) is 15.0 Å². The van der Waals surface area contributed by atoms with Crippen LogP contribution in [0.4, 0.5) is 0 Å². The van der Waals surface area contributed by atoms with E-state index >= 15 is 0 Å². The van der Waals surface area contributed by atoms with Gasteiger partial charge in [0.15, 0.2) is 17.5 Å². The highest BCUT2D eigenvalue weighted by Crippen LogP contribution is 2.33. The van der Waals surface area contributed by atoms with Crippen LogP contribution >= 0.6 is 15.9 Å². The van der Waals surface area contributed by atoms with Crippen molar-refractivity contribution < 1.29 is 4.42 Å². The number of halogens is 1. The summed E-state index contributed by atoms with van der Waals surface area (Å²) in [5.74, 6) is 1.88. The van der Waals surface area contributed by atoms with Crippen LogP contribution in [-0.4, -0.2) is 15.0 Å². The first kappa shape index (κ1) is 21.0. The minimum atomic E-state index is 0.608. The van der Waals surface area contributed by atoms with Crippen molar-refractivity contribution in [2.24, 2.45) is 0 Å². The summed E-state index contributed by atoms with van der Waals surface area (Å²) in [5, 5.41) is 4.46. The molecular formula is C31H18BrN3O. The Morgan fingerprint density at radius 2 is 1.08 bits per heavy atom. The minimum Gasteiger partial charge on any atom is -0.456 e. The maximum Gasteiger partial charge on any atom is 0.164 e. The highest BCUT2D eigenvalue weighted by molar-refractivity contribution is 9.10. The van der Waals surface area contributed by atoms with Crippen molar-refractivity contribution in [3.05, 3.63) is 114 Å². The molecule has 2 aromatic heterocycles. The number of para-hydroxylation sites is 1. The SMILES string of the molecule is Brc1ccc2cc(-c3nc(-c4ccccc4)nc(-c4ccc5c(c4)oc4ccccc45)n3)ccc2c1. The zero-order valence-electron chi connectivity index (χ0n) is 19.0. The summed E-state index contributed by atoms with van der Waals surface area (Å²) in [6.07, 6.45) is 0. The van der Waals surface area contributed by atoms with Gasteiger partial charge in [-0.25, -0.2) is 15.0 Å². The third-order valence-electron chi connectivity index (χ3n) is 6.36. The smallest absolute Gasteiger partial charge is 0.164 e. The maximum absolute atomic E-state index is 6.13. The summed E-state index contributed by atoms with van der Waals surface area (Å²) in [7, 11) is 0. The predicted molar refractivity (Wildman–Crippen MR) is 149 cm³/mol. The van der Waals surface area contributed by atoms with E-state index in [9.17, 15) is 0 Å². The summed E-state index contributed by atoms with van der Waals surface area (Å²) in [4.78, 5) is 14.6. The van der Waals surface area contributed by atoms with Gasteiger partial charge >= 0.3 is 0 Å². The van der Waals surface area contributed by atoms with E-state index in [0.29, 0.717) is 17.5 Å². The summed E-state index contributed by atoms with van der Waals surface area (Å²) in [6, 6.07) is 36.8. The molecular weight excluding hydrogens is 510 g/mol. The average molecular weight is 528 g/mol. The van der Waals surface area contributed by atoms with Crippen molar-refractivity contribution in [1.29, 1.82) is 0 Å². The number of rotatable bonds is 3. The molecule has 36 heavy (non-hydrogen) atoms.